The molecule has 0 fully saturated rings. The summed E-state index contributed by atoms with van der Waals surface area (Å²) in [5.74, 6) is 0.823. The van der Waals surface area contributed by atoms with Crippen LogP contribution in [0.5, 0.6) is 5.75 Å². The maximum absolute atomic E-state index is 11.7. The molecule has 0 amide bonds. The predicted molar refractivity (Wildman–Crippen MR) is 119 cm³/mol. The molecule has 4 aromatic rings. The molecule has 3 nitrogen and oxygen atoms in total. The maximum atomic E-state index is 11.7. The summed E-state index contributed by atoms with van der Waals surface area (Å²) in [4.78, 5) is 1.41. The third kappa shape index (κ3) is 4.42. The second kappa shape index (κ2) is 8.23. The van der Waals surface area contributed by atoms with E-state index < -0.39 is 9.84 Å². The Labute approximate surface area is 175 Å². The normalized spacial score (nSPS) is 11.3. The van der Waals surface area contributed by atoms with Crippen molar-refractivity contribution in [3.63, 3.8) is 0 Å². The first-order chi connectivity index (χ1) is 14.0. The zero-order valence-corrected chi connectivity index (χ0v) is 17.5. The fourth-order valence-corrected chi connectivity index (χ4v) is 4.70. The van der Waals surface area contributed by atoms with Crippen molar-refractivity contribution < 1.29 is 13.2 Å². The van der Waals surface area contributed by atoms with E-state index in [0.717, 1.165) is 32.9 Å². The predicted octanol–water partition coefficient (Wildman–Crippen LogP) is 6.06. The van der Waals surface area contributed by atoms with Gasteiger partial charge in [-0.1, -0.05) is 60.7 Å². The SMILES string of the molecule is CS(=O)(=O)c1ccc(-c2sccc2-c2ccccc2OCc2ccccc2)cc1. The molecule has 5 heteroatoms. The van der Waals surface area contributed by atoms with Crippen molar-refractivity contribution in [1.82, 2.24) is 0 Å². The Morgan fingerprint density at radius 3 is 2.21 bits per heavy atom. The summed E-state index contributed by atoms with van der Waals surface area (Å²) < 4.78 is 29.6. The fourth-order valence-electron chi connectivity index (χ4n) is 3.15. The van der Waals surface area contributed by atoms with Crippen molar-refractivity contribution in [2.24, 2.45) is 0 Å². The molecule has 29 heavy (non-hydrogen) atoms. The van der Waals surface area contributed by atoms with Crippen LogP contribution < -0.4 is 4.74 Å². The van der Waals surface area contributed by atoms with Gasteiger partial charge >= 0.3 is 0 Å². The smallest absolute Gasteiger partial charge is 0.175 e. The standard InChI is InChI=1S/C24H20O3S2/c1-29(25,26)20-13-11-19(12-14-20)24-22(15-16-28-24)21-9-5-6-10-23(21)27-17-18-7-3-2-4-8-18/h2-16H,17H2,1H3. The van der Waals surface area contributed by atoms with Crippen molar-refractivity contribution in [3.05, 3.63) is 95.9 Å². The van der Waals surface area contributed by atoms with E-state index in [1.165, 1.54) is 6.26 Å². The molecule has 0 saturated carbocycles. The largest absolute Gasteiger partial charge is 0.488 e. The molecule has 0 spiro atoms. The number of para-hydroxylation sites is 1. The molecule has 4 rings (SSSR count). The van der Waals surface area contributed by atoms with E-state index in [2.05, 4.69) is 12.1 Å². The van der Waals surface area contributed by atoms with E-state index in [0.29, 0.717) is 11.5 Å². The molecular weight excluding hydrogens is 400 g/mol. The lowest BCUT2D eigenvalue weighted by molar-refractivity contribution is 0.307. The molecular formula is C24H20O3S2. The maximum Gasteiger partial charge on any atom is 0.175 e. The lowest BCUT2D eigenvalue weighted by Crippen LogP contribution is -1.97. The van der Waals surface area contributed by atoms with Crippen molar-refractivity contribution in [2.75, 3.05) is 6.26 Å². The number of ether oxygens (including phenoxy) is 1. The average Bonchev–Trinajstić information content (AvgIpc) is 3.22. The average molecular weight is 421 g/mol. The van der Waals surface area contributed by atoms with Gasteiger partial charge in [-0.05, 0) is 40.8 Å². The van der Waals surface area contributed by atoms with Crippen LogP contribution in [0.2, 0.25) is 0 Å². The highest BCUT2D eigenvalue weighted by Gasteiger charge is 2.14. The Morgan fingerprint density at radius 2 is 1.48 bits per heavy atom. The molecule has 146 valence electrons. The minimum Gasteiger partial charge on any atom is -0.488 e. The van der Waals surface area contributed by atoms with E-state index in [1.54, 1.807) is 23.5 Å². The van der Waals surface area contributed by atoms with Crippen LogP contribution in [0, 0.1) is 0 Å². The summed E-state index contributed by atoms with van der Waals surface area (Å²) in [5, 5.41) is 2.04. The molecule has 0 atom stereocenters. The molecule has 1 aromatic heterocycles. The van der Waals surface area contributed by atoms with Crippen LogP contribution >= 0.6 is 11.3 Å². The van der Waals surface area contributed by atoms with Gasteiger partial charge in [-0.15, -0.1) is 11.3 Å². The number of rotatable bonds is 6. The number of benzene rings is 3. The molecule has 1 heterocycles. The second-order valence-electron chi connectivity index (χ2n) is 6.73. The number of thiophene rings is 1. The summed E-state index contributed by atoms with van der Waals surface area (Å²) in [6.45, 7) is 0.500. The van der Waals surface area contributed by atoms with E-state index in [9.17, 15) is 8.42 Å². The van der Waals surface area contributed by atoms with Crippen LogP contribution in [-0.4, -0.2) is 14.7 Å². The Bertz CT molecular complexity index is 1210. The summed E-state index contributed by atoms with van der Waals surface area (Å²) in [6.07, 6.45) is 1.22. The zero-order chi connectivity index (χ0) is 20.3. The third-order valence-electron chi connectivity index (χ3n) is 4.62. The van der Waals surface area contributed by atoms with Crippen molar-refractivity contribution in [2.45, 2.75) is 11.5 Å². The highest BCUT2D eigenvalue weighted by atomic mass is 32.2. The van der Waals surface area contributed by atoms with Crippen molar-refractivity contribution >= 4 is 21.2 Å². The first-order valence-corrected chi connectivity index (χ1v) is 11.9. The second-order valence-corrected chi connectivity index (χ2v) is 9.66. The molecule has 0 N–H and O–H groups in total. The van der Waals surface area contributed by atoms with Crippen LogP contribution in [0.15, 0.2) is 95.2 Å². The van der Waals surface area contributed by atoms with Gasteiger partial charge in [-0.3, -0.25) is 0 Å². The zero-order valence-electron chi connectivity index (χ0n) is 15.9. The summed E-state index contributed by atoms with van der Waals surface area (Å²) in [5.41, 5.74) is 4.20. The van der Waals surface area contributed by atoms with Crippen molar-refractivity contribution in [1.29, 1.82) is 0 Å². The van der Waals surface area contributed by atoms with Crippen molar-refractivity contribution in [3.8, 4) is 27.3 Å². The lowest BCUT2D eigenvalue weighted by atomic mass is 10.0. The lowest BCUT2D eigenvalue weighted by Gasteiger charge is -2.13. The summed E-state index contributed by atoms with van der Waals surface area (Å²) in [7, 11) is -3.21. The van der Waals surface area contributed by atoms with E-state index in [-0.39, 0.29) is 0 Å². The Kier molecular flexibility index (Phi) is 5.51. The minimum absolute atomic E-state index is 0.325. The van der Waals surface area contributed by atoms with Gasteiger partial charge in [0.05, 0.1) is 4.90 Å². The Balaban J connectivity index is 1.66. The topological polar surface area (TPSA) is 43.4 Å². The van der Waals surface area contributed by atoms with E-state index in [1.807, 2.05) is 66.0 Å². The molecule has 0 bridgehead atoms. The van der Waals surface area contributed by atoms with Gasteiger partial charge in [0.25, 0.3) is 0 Å². The molecule has 0 aliphatic rings. The highest BCUT2D eigenvalue weighted by molar-refractivity contribution is 7.90. The van der Waals surface area contributed by atoms with Gasteiger partial charge in [0, 0.05) is 22.3 Å². The van der Waals surface area contributed by atoms with Crippen LogP contribution in [0.3, 0.4) is 0 Å². The monoisotopic (exact) mass is 420 g/mol. The van der Waals surface area contributed by atoms with Gasteiger partial charge in [0.2, 0.25) is 0 Å². The first kappa shape index (κ1) is 19.4. The van der Waals surface area contributed by atoms with Gasteiger partial charge in [0.15, 0.2) is 9.84 Å². The van der Waals surface area contributed by atoms with E-state index in [4.69, 9.17) is 4.74 Å². The molecule has 0 aliphatic heterocycles. The van der Waals surface area contributed by atoms with Crippen LogP contribution in [0.4, 0.5) is 0 Å². The quantitative estimate of drug-likeness (QED) is 0.380. The number of sulfone groups is 1. The number of hydrogen-bond donors (Lipinski definition) is 0. The van der Waals surface area contributed by atoms with Crippen LogP contribution in [-0.2, 0) is 16.4 Å². The Hall–Kier alpha value is -2.89. The minimum atomic E-state index is -3.21. The van der Waals surface area contributed by atoms with E-state index >= 15 is 0 Å². The number of hydrogen-bond acceptors (Lipinski definition) is 4. The first-order valence-electron chi connectivity index (χ1n) is 9.16. The van der Waals surface area contributed by atoms with Gasteiger partial charge in [-0.25, -0.2) is 8.42 Å². The van der Waals surface area contributed by atoms with Crippen LogP contribution in [0.1, 0.15) is 5.56 Å². The molecule has 0 unspecified atom stereocenters. The highest BCUT2D eigenvalue weighted by Crippen LogP contribution is 2.41. The van der Waals surface area contributed by atoms with Gasteiger partial charge < -0.3 is 4.74 Å². The summed E-state index contributed by atoms with van der Waals surface area (Å²) >= 11 is 1.63. The summed E-state index contributed by atoms with van der Waals surface area (Å²) in [6, 6.07) is 27.2. The van der Waals surface area contributed by atoms with Gasteiger partial charge in [-0.2, -0.15) is 0 Å². The van der Waals surface area contributed by atoms with Crippen LogP contribution in [0.25, 0.3) is 21.6 Å². The molecule has 0 saturated heterocycles. The third-order valence-corrected chi connectivity index (χ3v) is 6.72. The molecule has 0 radical (unpaired) electrons. The fraction of sp³-hybridized carbons (Fsp3) is 0.0833. The molecule has 0 aliphatic carbocycles. The van der Waals surface area contributed by atoms with Gasteiger partial charge in [0.1, 0.15) is 12.4 Å². The Morgan fingerprint density at radius 1 is 0.793 bits per heavy atom. The molecule has 3 aromatic carbocycles.